The quantitative estimate of drug-likeness (QED) is 0.697. The molecule has 6 nitrogen and oxygen atoms in total. The highest BCUT2D eigenvalue weighted by Gasteiger charge is 2.27. The first-order valence-corrected chi connectivity index (χ1v) is 10.0. The van der Waals surface area contributed by atoms with E-state index in [1.165, 1.54) is 0 Å². The molecule has 0 atom stereocenters. The molecule has 6 heteroatoms. The summed E-state index contributed by atoms with van der Waals surface area (Å²) in [5.41, 5.74) is 1.02. The minimum Gasteiger partial charge on any atom is -0.497 e. The van der Waals surface area contributed by atoms with Crippen molar-refractivity contribution in [3.8, 4) is 11.5 Å². The van der Waals surface area contributed by atoms with Gasteiger partial charge in [0.1, 0.15) is 18.1 Å². The van der Waals surface area contributed by atoms with Gasteiger partial charge in [-0.15, -0.1) is 0 Å². The van der Waals surface area contributed by atoms with E-state index in [0.29, 0.717) is 45.5 Å². The maximum atomic E-state index is 12.4. The van der Waals surface area contributed by atoms with Crippen LogP contribution < -0.4 is 14.8 Å². The first-order chi connectivity index (χ1) is 14.2. The molecule has 1 N–H and O–H groups in total. The van der Waals surface area contributed by atoms with Gasteiger partial charge in [-0.2, -0.15) is 0 Å². The van der Waals surface area contributed by atoms with Gasteiger partial charge < -0.3 is 19.7 Å². The zero-order chi connectivity index (χ0) is 20.5. The number of amides is 2. The van der Waals surface area contributed by atoms with Crippen LogP contribution >= 0.6 is 0 Å². The van der Waals surface area contributed by atoms with Crippen LogP contribution in [-0.4, -0.2) is 50.1 Å². The van der Waals surface area contributed by atoms with Gasteiger partial charge in [-0.25, -0.2) is 0 Å². The zero-order valence-electron chi connectivity index (χ0n) is 16.8. The van der Waals surface area contributed by atoms with Crippen molar-refractivity contribution in [2.24, 2.45) is 5.92 Å². The number of nitrogens with zero attached hydrogens (tertiary/aromatic N) is 1. The Morgan fingerprint density at radius 3 is 2.31 bits per heavy atom. The lowest BCUT2D eigenvalue weighted by Crippen LogP contribution is -2.44. The molecule has 1 saturated heterocycles. The maximum Gasteiger partial charge on any atom is 0.226 e. The molecule has 29 heavy (non-hydrogen) atoms. The number of hydrogen-bond acceptors (Lipinski definition) is 4. The zero-order valence-corrected chi connectivity index (χ0v) is 16.8. The fraction of sp³-hybridized carbons (Fsp3) is 0.391. The lowest BCUT2D eigenvalue weighted by Gasteiger charge is -2.31. The third-order valence-corrected chi connectivity index (χ3v) is 5.15. The monoisotopic (exact) mass is 396 g/mol. The number of hydrogen-bond donors (Lipinski definition) is 1. The van der Waals surface area contributed by atoms with Crippen molar-refractivity contribution in [3.05, 3.63) is 60.2 Å². The summed E-state index contributed by atoms with van der Waals surface area (Å²) in [6.07, 6.45) is 1.82. The van der Waals surface area contributed by atoms with Crippen LogP contribution in [0.2, 0.25) is 0 Å². The molecule has 2 amide bonds. The number of nitrogens with one attached hydrogen (secondary N) is 1. The molecular weight excluding hydrogens is 368 g/mol. The third kappa shape index (κ3) is 6.24. The number of benzene rings is 2. The third-order valence-electron chi connectivity index (χ3n) is 5.15. The van der Waals surface area contributed by atoms with E-state index in [1.807, 2.05) is 59.5 Å². The fourth-order valence-electron chi connectivity index (χ4n) is 3.43. The molecule has 1 aliphatic heterocycles. The highest BCUT2D eigenvalue weighted by molar-refractivity contribution is 5.81. The summed E-state index contributed by atoms with van der Waals surface area (Å²) in [6, 6.07) is 17.1. The van der Waals surface area contributed by atoms with Crippen molar-refractivity contribution < 1.29 is 19.1 Å². The predicted octanol–water partition coefficient (Wildman–Crippen LogP) is 2.67. The molecular formula is C23H28N2O4. The molecule has 2 aromatic carbocycles. The first kappa shape index (κ1) is 20.7. The van der Waals surface area contributed by atoms with Gasteiger partial charge in [0.05, 0.1) is 20.1 Å². The summed E-state index contributed by atoms with van der Waals surface area (Å²) in [5, 5.41) is 2.94. The van der Waals surface area contributed by atoms with E-state index in [1.54, 1.807) is 7.11 Å². The Morgan fingerprint density at radius 1 is 1.00 bits per heavy atom. The van der Waals surface area contributed by atoms with E-state index in [4.69, 9.17) is 9.47 Å². The van der Waals surface area contributed by atoms with Crippen LogP contribution in [0.15, 0.2) is 54.6 Å². The van der Waals surface area contributed by atoms with Crippen LogP contribution in [0.3, 0.4) is 0 Å². The van der Waals surface area contributed by atoms with E-state index in [0.717, 1.165) is 17.1 Å². The molecule has 1 fully saturated rings. The topological polar surface area (TPSA) is 67.9 Å². The largest absolute Gasteiger partial charge is 0.497 e. The number of likely N-dealkylation sites (tertiary alicyclic amines) is 1. The second-order valence-electron chi connectivity index (χ2n) is 7.13. The van der Waals surface area contributed by atoms with Gasteiger partial charge in [-0.1, -0.05) is 30.3 Å². The standard InChI is InChI=1S/C23H28N2O4/c1-28-20-7-9-21(10-8-20)29-16-13-24-23(27)19-11-14-25(15-12-19)22(26)17-18-5-3-2-4-6-18/h2-10,19H,11-17H2,1H3,(H,24,27). The van der Waals surface area contributed by atoms with Crippen LogP contribution in [0.5, 0.6) is 11.5 Å². The van der Waals surface area contributed by atoms with Gasteiger partial charge in [0.2, 0.25) is 11.8 Å². The van der Waals surface area contributed by atoms with E-state index < -0.39 is 0 Å². The first-order valence-electron chi connectivity index (χ1n) is 10.0. The normalized spacial score (nSPS) is 14.3. The highest BCUT2D eigenvalue weighted by atomic mass is 16.5. The van der Waals surface area contributed by atoms with Crippen molar-refractivity contribution in [2.75, 3.05) is 33.4 Å². The van der Waals surface area contributed by atoms with Gasteiger partial charge in [-0.05, 0) is 42.7 Å². The Kier molecular flexibility index (Phi) is 7.50. The van der Waals surface area contributed by atoms with Crippen molar-refractivity contribution in [1.82, 2.24) is 10.2 Å². The van der Waals surface area contributed by atoms with Gasteiger partial charge in [0, 0.05) is 19.0 Å². The predicted molar refractivity (Wildman–Crippen MR) is 111 cm³/mol. The lowest BCUT2D eigenvalue weighted by atomic mass is 9.95. The summed E-state index contributed by atoms with van der Waals surface area (Å²) in [6.45, 7) is 2.13. The molecule has 1 aliphatic rings. The lowest BCUT2D eigenvalue weighted by molar-refractivity contribution is -0.135. The Morgan fingerprint density at radius 2 is 1.66 bits per heavy atom. The molecule has 0 bridgehead atoms. The van der Waals surface area contributed by atoms with Gasteiger partial charge in [0.15, 0.2) is 0 Å². The Bertz CT molecular complexity index is 784. The van der Waals surface area contributed by atoms with Crippen LogP contribution in [0.4, 0.5) is 0 Å². The molecule has 154 valence electrons. The molecule has 0 radical (unpaired) electrons. The smallest absolute Gasteiger partial charge is 0.226 e. The Balaban J connectivity index is 1.33. The minimum atomic E-state index is -0.0447. The van der Waals surface area contributed by atoms with Crippen molar-refractivity contribution >= 4 is 11.8 Å². The average Bonchev–Trinajstić information content (AvgIpc) is 2.77. The van der Waals surface area contributed by atoms with Gasteiger partial charge >= 0.3 is 0 Å². The summed E-state index contributed by atoms with van der Waals surface area (Å²) < 4.78 is 10.7. The van der Waals surface area contributed by atoms with Crippen molar-refractivity contribution in [3.63, 3.8) is 0 Å². The van der Waals surface area contributed by atoms with Crippen LogP contribution in [0, 0.1) is 5.92 Å². The van der Waals surface area contributed by atoms with Crippen LogP contribution in [0.25, 0.3) is 0 Å². The van der Waals surface area contributed by atoms with E-state index in [2.05, 4.69) is 5.32 Å². The van der Waals surface area contributed by atoms with Crippen molar-refractivity contribution in [1.29, 1.82) is 0 Å². The Hall–Kier alpha value is -3.02. The number of ether oxygens (including phenoxy) is 2. The van der Waals surface area contributed by atoms with Crippen LogP contribution in [-0.2, 0) is 16.0 Å². The molecule has 3 rings (SSSR count). The summed E-state index contributed by atoms with van der Waals surface area (Å²) in [7, 11) is 1.62. The van der Waals surface area contributed by atoms with Gasteiger partial charge in [0.25, 0.3) is 0 Å². The molecule has 2 aromatic rings. The molecule has 1 heterocycles. The number of rotatable bonds is 8. The number of piperidine rings is 1. The van der Waals surface area contributed by atoms with Crippen LogP contribution in [0.1, 0.15) is 18.4 Å². The second-order valence-corrected chi connectivity index (χ2v) is 7.13. The number of carbonyl (C=O) groups excluding carboxylic acids is 2. The van der Waals surface area contributed by atoms with E-state index in [9.17, 15) is 9.59 Å². The fourth-order valence-corrected chi connectivity index (χ4v) is 3.43. The molecule has 0 spiro atoms. The summed E-state index contributed by atoms with van der Waals surface area (Å²) >= 11 is 0. The van der Waals surface area contributed by atoms with E-state index in [-0.39, 0.29) is 17.7 Å². The summed E-state index contributed by atoms with van der Waals surface area (Å²) in [5.74, 6) is 1.64. The summed E-state index contributed by atoms with van der Waals surface area (Å²) in [4.78, 5) is 26.7. The van der Waals surface area contributed by atoms with Gasteiger partial charge in [-0.3, -0.25) is 9.59 Å². The Labute approximate surface area is 171 Å². The highest BCUT2D eigenvalue weighted by Crippen LogP contribution is 2.19. The van der Waals surface area contributed by atoms with E-state index >= 15 is 0 Å². The molecule has 0 aliphatic carbocycles. The minimum absolute atomic E-state index is 0.0403. The maximum absolute atomic E-state index is 12.4. The number of carbonyl (C=O) groups is 2. The molecule has 0 saturated carbocycles. The number of methoxy groups -OCH3 is 1. The molecule has 0 aromatic heterocycles. The molecule has 0 unspecified atom stereocenters. The average molecular weight is 396 g/mol. The SMILES string of the molecule is COc1ccc(OCCNC(=O)C2CCN(C(=O)Cc3ccccc3)CC2)cc1. The second kappa shape index (κ2) is 10.5. The van der Waals surface area contributed by atoms with Crippen molar-refractivity contribution in [2.45, 2.75) is 19.3 Å².